The number of carbonyl (C=O) groups excluding carboxylic acids is 1. The summed E-state index contributed by atoms with van der Waals surface area (Å²) in [5.41, 5.74) is 4.86. The van der Waals surface area contributed by atoms with Crippen molar-refractivity contribution in [3.05, 3.63) is 35.6 Å². The van der Waals surface area contributed by atoms with Gasteiger partial charge in [-0.1, -0.05) is 12.1 Å². The topological polar surface area (TPSA) is 75.8 Å². The van der Waals surface area contributed by atoms with Gasteiger partial charge < -0.3 is 20.5 Å². The summed E-state index contributed by atoms with van der Waals surface area (Å²) in [4.78, 5) is 13.2. The number of benzene rings is 1. The average molecular weight is 296 g/mol. The first-order valence-corrected chi connectivity index (χ1v) is 6.82. The molecule has 3 N–H and O–H groups in total. The molecule has 2 rings (SSSR count). The van der Waals surface area contributed by atoms with Crippen molar-refractivity contribution in [1.82, 2.24) is 4.90 Å². The van der Waals surface area contributed by atoms with E-state index in [1.807, 2.05) is 0 Å². The van der Waals surface area contributed by atoms with Gasteiger partial charge in [-0.05, 0) is 38.5 Å². The monoisotopic (exact) mass is 296 g/mol. The van der Waals surface area contributed by atoms with Crippen LogP contribution in [-0.2, 0) is 4.74 Å². The molecule has 0 spiro atoms. The van der Waals surface area contributed by atoms with Gasteiger partial charge in [-0.25, -0.2) is 9.18 Å². The molecule has 1 aliphatic rings. The van der Waals surface area contributed by atoms with Crippen LogP contribution in [0.1, 0.15) is 32.4 Å². The summed E-state index contributed by atoms with van der Waals surface area (Å²) < 4.78 is 18.1. The minimum absolute atomic E-state index is 0.0977. The van der Waals surface area contributed by atoms with Gasteiger partial charge >= 0.3 is 6.09 Å². The van der Waals surface area contributed by atoms with Crippen LogP contribution in [-0.4, -0.2) is 40.4 Å². The summed E-state index contributed by atoms with van der Waals surface area (Å²) in [6, 6.07) is 4.98. The lowest BCUT2D eigenvalue weighted by atomic mass is 9.83. The van der Waals surface area contributed by atoms with Crippen molar-refractivity contribution in [2.75, 3.05) is 13.1 Å². The highest BCUT2D eigenvalue weighted by Crippen LogP contribution is 2.33. The second-order valence-electron chi connectivity index (χ2n) is 6.47. The van der Waals surface area contributed by atoms with E-state index in [2.05, 4.69) is 0 Å². The lowest BCUT2D eigenvalue weighted by Gasteiger charge is -2.49. The molecule has 1 aromatic rings. The maximum atomic E-state index is 12.9. The number of amides is 1. The van der Waals surface area contributed by atoms with Crippen LogP contribution < -0.4 is 5.73 Å². The molecule has 0 bridgehead atoms. The van der Waals surface area contributed by atoms with Crippen molar-refractivity contribution < 1.29 is 19.0 Å². The molecule has 1 aliphatic heterocycles. The fraction of sp³-hybridized carbons (Fsp3) is 0.533. The first kappa shape index (κ1) is 15.7. The summed E-state index contributed by atoms with van der Waals surface area (Å²) in [5, 5.41) is 10.5. The van der Waals surface area contributed by atoms with E-state index in [-0.39, 0.29) is 18.9 Å². The Bertz CT molecular complexity index is 519. The number of carbonyl (C=O) groups is 1. The quantitative estimate of drug-likeness (QED) is 0.872. The number of hydrogen-bond donors (Lipinski definition) is 2. The van der Waals surface area contributed by atoms with E-state index in [0.29, 0.717) is 5.56 Å². The van der Waals surface area contributed by atoms with Crippen molar-refractivity contribution >= 4 is 6.09 Å². The summed E-state index contributed by atoms with van der Waals surface area (Å²) in [7, 11) is 0. The molecule has 0 aliphatic carbocycles. The first-order valence-electron chi connectivity index (χ1n) is 6.82. The number of nitrogens with two attached hydrogens (primary N) is 1. The van der Waals surface area contributed by atoms with Gasteiger partial charge in [0, 0.05) is 0 Å². The third-order valence-electron chi connectivity index (χ3n) is 3.39. The molecule has 1 atom stereocenters. The zero-order chi connectivity index (χ0) is 15.8. The fourth-order valence-corrected chi connectivity index (χ4v) is 2.25. The minimum Gasteiger partial charge on any atom is -0.444 e. The second-order valence-corrected chi connectivity index (χ2v) is 6.47. The van der Waals surface area contributed by atoms with Gasteiger partial charge in [-0.3, -0.25) is 0 Å². The number of rotatable bonds is 2. The number of nitrogens with zero attached hydrogens (tertiary/aromatic N) is 1. The predicted molar refractivity (Wildman–Crippen MR) is 76.1 cm³/mol. The molecule has 116 valence electrons. The SMILES string of the molecule is CC(C)(C)OC(=O)N1CC(O)(C(N)c2ccc(F)cc2)C1. The lowest BCUT2D eigenvalue weighted by Crippen LogP contribution is -2.68. The maximum Gasteiger partial charge on any atom is 0.410 e. The van der Waals surface area contributed by atoms with Crippen molar-refractivity contribution in [2.24, 2.45) is 5.73 Å². The van der Waals surface area contributed by atoms with Crippen LogP contribution in [0.3, 0.4) is 0 Å². The summed E-state index contributed by atoms with van der Waals surface area (Å²) in [6.07, 6.45) is -0.474. The van der Waals surface area contributed by atoms with Crippen LogP contribution in [0.15, 0.2) is 24.3 Å². The van der Waals surface area contributed by atoms with E-state index in [1.165, 1.54) is 29.2 Å². The number of likely N-dealkylation sites (tertiary alicyclic amines) is 1. The highest BCUT2D eigenvalue weighted by Gasteiger charge is 2.49. The molecule has 0 aromatic heterocycles. The average Bonchev–Trinajstić information content (AvgIpc) is 2.33. The highest BCUT2D eigenvalue weighted by molar-refractivity contribution is 5.69. The van der Waals surface area contributed by atoms with E-state index in [4.69, 9.17) is 10.5 Å². The maximum absolute atomic E-state index is 12.9. The first-order chi connectivity index (χ1) is 9.61. The molecule has 1 unspecified atom stereocenters. The highest BCUT2D eigenvalue weighted by atomic mass is 19.1. The molecular formula is C15H21FN2O3. The molecule has 0 radical (unpaired) electrons. The molecular weight excluding hydrogens is 275 g/mol. The van der Waals surface area contributed by atoms with Crippen molar-refractivity contribution in [1.29, 1.82) is 0 Å². The van der Waals surface area contributed by atoms with Gasteiger partial charge in [0.05, 0.1) is 19.1 Å². The Balaban J connectivity index is 1.97. The Labute approximate surface area is 123 Å². The molecule has 5 nitrogen and oxygen atoms in total. The van der Waals surface area contributed by atoms with Gasteiger partial charge in [0.1, 0.15) is 17.0 Å². The molecule has 21 heavy (non-hydrogen) atoms. The van der Waals surface area contributed by atoms with E-state index in [1.54, 1.807) is 20.8 Å². The Hall–Kier alpha value is -1.66. The van der Waals surface area contributed by atoms with Crippen LogP contribution >= 0.6 is 0 Å². The van der Waals surface area contributed by atoms with Gasteiger partial charge in [0.25, 0.3) is 0 Å². The Morgan fingerprint density at radius 3 is 2.38 bits per heavy atom. The molecule has 1 aromatic carbocycles. The predicted octanol–water partition coefficient (Wildman–Crippen LogP) is 1.81. The Morgan fingerprint density at radius 1 is 1.38 bits per heavy atom. The number of aliphatic hydroxyl groups is 1. The van der Waals surface area contributed by atoms with Crippen molar-refractivity contribution in [3.8, 4) is 0 Å². The molecule has 6 heteroatoms. The van der Waals surface area contributed by atoms with Gasteiger partial charge in [0.15, 0.2) is 0 Å². The molecule has 1 saturated heterocycles. The molecule has 1 heterocycles. The standard InChI is InChI=1S/C15H21FN2O3/c1-14(2,3)21-13(19)18-8-15(20,9-18)12(17)10-4-6-11(16)7-5-10/h4-7,12,20H,8-9,17H2,1-3H3. The van der Waals surface area contributed by atoms with Gasteiger partial charge in [-0.15, -0.1) is 0 Å². The summed E-state index contributed by atoms with van der Waals surface area (Å²) >= 11 is 0. The third kappa shape index (κ3) is 3.51. The van der Waals surface area contributed by atoms with Crippen LogP contribution in [0.5, 0.6) is 0 Å². The van der Waals surface area contributed by atoms with E-state index < -0.39 is 23.3 Å². The lowest BCUT2D eigenvalue weighted by molar-refractivity contribution is -0.113. The van der Waals surface area contributed by atoms with E-state index >= 15 is 0 Å². The van der Waals surface area contributed by atoms with E-state index in [0.717, 1.165) is 0 Å². The molecule has 1 amide bonds. The normalized spacial score (nSPS) is 18.9. The zero-order valence-corrected chi connectivity index (χ0v) is 12.5. The second kappa shape index (κ2) is 5.27. The van der Waals surface area contributed by atoms with Gasteiger partial charge in [0.2, 0.25) is 0 Å². The Kier molecular flexibility index (Phi) is 3.95. The van der Waals surface area contributed by atoms with Crippen molar-refractivity contribution in [2.45, 2.75) is 38.0 Å². The minimum atomic E-state index is -1.21. The number of halogens is 1. The zero-order valence-electron chi connectivity index (χ0n) is 12.5. The smallest absolute Gasteiger partial charge is 0.410 e. The number of β-amino-alcohol motifs (C(OH)–C–C–N with tert-alkyl or cyclic N) is 1. The van der Waals surface area contributed by atoms with Crippen LogP contribution in [0, 0.1) is 5.82 Å². The van der Waals surface area contributed by atoms with E-state index in [9.17, 15) is 14.3 Å². The Morgan fingerprint density at radius 2 is 1.90 bits per heavy atom. The molecule has 0 saturated carbocycles. The summed E-state index contributed by atoms with van der Waals surface area (Å²) in [6.45, 7) is 5.53. The van der Waals surface area contributed by atoms with Crippen LogP contribution in [0.2, 0.25) is 0 Å². The summed E-state index contributed by atoms with van der Waals surface area (Å²) in [5.74, 6) is -0.359. The van der Waals surface area contributed by atoms with Gasteiger partial charge in [-0.2, -0.15) is 0 Å². The third-order valence-corrected chi connectivity index (χ3v) is 3.39. The van der Waals surface area contributed by atoms with Crippen LogP contribution in [0.4, 0.5) is 9.18 Å². The number of ether oxygens (including phenoxy) is 1. The largest absolute Gasteiger partial charge is 0.444 e. The van der Waals surface area contributed by atoms with Crippen molar-refractivity contribution in [3.63, 3.8) is 0 Å². The van der Waals surface area contributed by atoms with Crippen LogP contribution in [0.25, 0.3) is 0 Å². The molecule has 1 fully saturated rings. The number of hydrogen-bond acceptors (Lipinski definition) is 4. The fourth-order valence-electron chi connectivity index (χ4n) is 2.25.